The van der Waals surface area contributed by atoms with Crippen LogP contribution in [-0.4, -0.2) is 6.04 Å². The van der Waals surface area contributed by atoms with Crippen LogP contribution in [0.2, 0.25) is 0 Å². The third-order valence-electron chi connectivity index (χ3n) is 3.18. The molecule has 108 valence electrons. The normalized spacial score (nSPS) is 15.3. The lowest BCUT2D eigenvalue weighted by Gasteiger charge is -2.25. The van der Waals surface area contributed by atoms with Crippen LogP contribution in [0.4, 0.5) is 4.39 Å². The summed E-state index contributed by atoms with van der Waals surface area (Å²) in [4.78, 5) is 0. The molecule has 0 spiro atoms. The monoisotopic (exact) mass is 329 g/mol. The summed E-state index contributed by atoms with van der Waals surface area (Å²) in [6.45, 7) is 8.99. The molecule has 0 aliphatic heterocycles. The van der Waals surface area contributed by atoms with Crippen molar-refractivity contribution >= 4 is 15.9 Å². The number of rotatable bonds is 5. The van der Waals surface area contributed by atoms with E-state index in [-0.39, 0.29) is 11.9 Å². The Labute approximate surface area is 124 Å². The number of benzene rings is 1. The Kier molecular flexibility index (Phi) is 6.00. The summed E-state index contributed by atoms with van der Waals surface area (Å²) in [5.74, 6) is 0.370. The first-order valence-electron chi connectivity index (χ1n) is 6.87. The molecule has 2 unspecified atom stereocenters. The van der Waals surface area contributed by atoms with E-state index in [1.54, 1.807) is 6.07 Å². The highest BCUT2D eigenvalue weighted by Crippen LogP contribution is 2.28. The Morgan fingerprint density at radius 2 is 1.95 bits per heavy atom. The van der Waals surface area contributed by atoms with Gasteiger partial charge in [-0.05, 0) is 58.2 Å². The van der Waals surface area contributed by atoms with Gasteiger partial charge in [0.15, 0.2) is 0 Å². The van der Waals surface area contributed by atoms with Gasteiger partial charge in [-0.2, -0.15) is 0 Å². The number of hydrogen-bond donors (Lipinski definition) is 1. The molecule has 2 N–H and O–H groups in total. The second kappa shape index (κ2) is 6.85. The molecule has 0 saturated heterocycles. The average molecular weight is 330 g/mol. The largest absolute Gasteiger partial charge is 0.327 e. The molecule has 1 nitrogen and oxygen atoms in total. The van der Waals surface area contributed by atoms with Crippen molar-refractivity contribution in [1.29, 1.82) is 0 Å². The molecule has 0 saturated carbocycles. The quantitative estimate of drug-likeness (QED) is 0.815. The van der Waals surface area contributed by atoms with E-state index in [0.29, 0.717) is 22.2 Å². The topological polar surface area (TPSA) is 26.0 Å². The van der Waals surface area contributed by atoms with E-state index in [1.165, 1.54) is 6.07 Å². The highest BCUT2D eigenvalue weighted by atomic mass is 79.9. The van der Waals surface area contributed by atoms with Crippen molar-refractivity contribution in [3.05, 3.63) is 34.1 Å². The molecular weight excluding hydrogens is 305 g/mol. The smallest absolute Gasteiger partial charge is 0.137 e. The molecule has 19 heavy (non-hydrogen) atoms. The average Bonchev–Trinajstić information content (AvgIpc) is 2.21. The van der Waals surface area contributed by atoms with Gasteiger partial charge in [-0.3, -0.25) is 0 Å². The van der Waals surface area contributed by atoms with Crippen molar-refractivity contribution in [3.63, 3.8) is 0 Å². The van der Waals surface area contributed by atoms with E-state index in [1.807, 2.05) is 6.07 Å². The molecule has 0 aliphatic rings. The summed E-state index contributed by atoms with van der Waals surface area (Å²) in [6.07, 6.45) is 2.85. The maximum atomic E-state index is 13.4. The third-order valence-corrected chi connectivity index (χ3v) is 4.07. The molecule has 0 bridgehead atoms. The zero-order chi connectivity index (χ0) is 14.6. The van der Waals surface area contributed by atoms with Gasteiger partial charge in [-0.25, -0.2) is 4.39 Å². The van der Waals surface area contributed by atoms with Crippen LogP contribution in [0.5, 0.6) is 0 Å². The number of nitrogens with two attached hydrogens (primary N) is 1. The van der Waals surface area contributed by atoms with Crippen LogP contribution in [0.15, 0.2) is 22.7 Å². The molecule has 2 atom stereocenters. The number of hydrogen-bond acceptors (Lipinski definition) is 1. The molecule has 1 aromatic rings. The van der Waals surface area contributed by atoms with Crippen molar-refractivity contribution in [1.82, 2.24) is 0 Å². The van der Waals surface area contributed by atoms with Crippen LogP contribution in [-0.2, 0) is 6.42 Å². The van der Waals surface area contributed by atoms with Crippen LogP contribution in [0.3, 0.4) is 0 Å². The molecule has 0 amide bonds. The van der Waals surface area contributed by atoms with Crippen LogP contribution in [0, 0.1) is 17.2 Å². The predicted molar refractivity (Wildman–Crippen MR) is 83.6 cm³/mol. The van der Waals surface area contributed by atoms with Crippen LogP contribution >= 0.6 is 15.9 Å². The zero-order valence-electron chi connectivity index (χ0n) is 12.3. The minimum Gasteiger partial charge on any atom is -0.327 e. The van der Waals surface area contributed by atoms with E-state index < -0.39 is 0 Å². The van der Waals surface area contributed by atoms with Crippen LogP contribution in [0.25, 0.3) is 0 Å². The van der Waals surface area contributed by atoms with Gasteiger partial charge in [0, 0.05) is 6.04 Å². The Bertz CT molecular complexity index is 412. The molecule has 1 rings (SSSR count). The predicted octanol–water partition coefficient (Wildman–Crippen LogP) is 4.92. The minimum atomic E-state index is -0.215. The summed E-state index contributed by atoms with van der Waals surface area (Å²) in [7, 11) is 0. The van der Waals surface area contributed by atoms with Crippen LogP contribution < -0.4 is 5.73 Å². The van der Waals surface area contributed by atoms with Gasteiger partial charge in [-0.1, -0.05) is 39.8 Å². The molecule has 0 aromatic heterocycles. The fourth-order valence-corrected chi connectivity index (χ4v) is 3.14. The summed E-state index contributed by atoms with van der Waals surface area (Å²) in [6, 6.07) is 5.21. The van der Waals surface area contributed by atoms with Gasteiger partial charge in [0.2, 0.25) is 0 Å². The molecule has 0 radical (unpaired) electrons. The highest BCUT2D eigenvalue weighted by molar-refractivity contribution is 9.10. The van der Waals surface area contributed by atoms with Gasteiger partial charge in [0.1, 0.15) is 5.82 Å². The first-order chi connectivity index (χ1) is 8.69. The maximum absolute atomic E-state index is 13.4. The van der Waals surface area contributed by atoms with Crippen molar-refractivity contribution in [2.24, 2.45) is 17.1 Å². The minimum absolute atomic E-state index is 0.0791. The molecule has 1 aromatic carbocycles. The lowest BCUT2D eigenvalue weighted by molar-refractivity contribution is 0.285. The third kappa shape index (κ3) is 6.05. The van der Waals surface area contributed by atoms with Gasteiger partial charge in [0.25, 0.3) is 0 Å². The Morgan fingerprint density at radius 1 is 1.32 bits per heavy atom. The molecule has 0 fully saturated rings. The van der Waals surface area contributed by atoms with E-state index >= 15 is 0 Å². The highest BCUT2D eigenvalue weighted by Gasteiger charge is 2.18. The molecule has 3 heteroatoms. The van der Waals surface area contributed by atoms with E-state index in [9.17, 15) is 4.39 Å². The van der Waals surface area contributed by atoms with Gasteiger partial charge >= 0.3 is 0 Å². The van der Waals surface area contributed by atoms with Gasteiger partial charge < -0.3 is 5.73 Å². The molecular formula is C16H25BrFN. The van der Waals surface area contributed by atoms with E-state index in [2.05, 4.69) is 43.6 Å². The van der Waals surface area contributed by atoms with Gasteiger partial charge in [0.05, 0.1) is 4.47 Å². The van der Waals surface area contributed by atoms with Crippen molar-refractivity contribution in [2.75, 3.05) is 0 Å². The summed E-state index contributed by atoms with van der Waals surface area (Å²) in [5, 5.41) is 0. The fourth-order valence-electron chi connectivity index (χ4n) is 2.72. The molecule has 0 heterocycles. The maximum Gasteiger partial charge on any atom is 0.137 e. The fraction of sp³-hybridized carbons (Fsp3) is 0.625. The Hall–Kier alpha value is -0.410. The number of halogens is 2. The second-order valence-corrected chi connectivity index (χ2v) is 7.58. The Balaban J connectivity index is 2.56. The zero-order valence-corrected chi connectivity index (χ0v) is 13.9. The molecule has 0 aliphatic carbocycles. The van der Waals surface area contributed by atoms with Gasteiger partial charge in [-0.15, -0.1) is 0 Å². The SMILES string of the molecule is CC(CC(N)Cc1cccc(F)c1Br)CC(C)(C)C. The standard InChI is InChI=1S/C16H25BrFN/c1-11(10-16(2,3)4)8-13(19)9-12-6-5-7-14(18)15(12)17/h5-7,11,13H,8-10,19H2,1-4H3. The lowest BCUT2D eigenvalue weighted by atomic mass is 9.82. The Morgan fingerprint density at radius 3 is 2.53 bits per heavy atom. The first kappa shape index (κ1) is 16.6. The van der Waals surface area contributed by atoms with E-state index in [4.69, 9.17) is 5.73 Å². The lowest BCUT2D eigenvalue weighted by Crippen LogP contribution is -2.27. The van der Waals surface area contributed by atoms with Crippen molar-refractivity contribution in [2.45, 2.75) is 53.0 Å². The summed E-state index contributed by atoms with van der Waals surface area (Å²) >= 11 is 3.29. The van der Waals surface area contributed by atoms with Crippen LogP contribution in [0.1, 0.15) is 46.1 Å². The van der Waals surface area contributed by atoms with Crippen molar-refractivity contribution in [3.8, 4) is 0 Å². The van der Waals surface area contributed by atoms with E-state index in [0.717, 1.165) is 18.4 Å². The summed E-state index contributed by atoms with van der Waals surface area (Å²) < 4.78 is 14.0. The summed E-state index contributed by atoms with van der Waals surface area (Å²) in [5.41, 5.74) is 7.49. The second-order valence-electron chi connectivity index (χ2n) is 6.78. The first-order valence-corrected chi connectivity index (χ1v) is 7.67. The van der Waals surface area contributed by atoms with Crippen molar-refractivity contribution < 1.29 is 4.39 Å².